The molecule has 0 unspecified atom stereocenters. The number of carbonyl (C=O) groups is 1. The van der Waals surface area contributed by atoms with E-state index < -0.39 is 0 Å². The van der Waals surface area contributed by atoms with Crippen LogP contribution in [0.2, 0.25) is 0 Å². The van der Waals surface area contributed by atoms with Crippen LogP contribution in [0, 0.1) is 5.82 Å². The lowest BCUT2D eigenvalue weighted by Crippen LogP contribution is -2.27. The maximum Gasteiger partial charge on any atom is 0.224 e. The van der Waals surface area contributed by atoms with Gasteiger partial charge in [-0.25, -0.2) is 9.37 Å². The fourth-order valence-electron chi connectivity index (χ4n) is 1.57. The first-order valence-electron chi connectivity index (χ1n) is 5.59. The van der Waals surface area contributed by atoms with Gasteiger partial charge < -0.3 is 5.32 Å². The normalized spacial score (nSPS) is 10.3. The lowest BCUT2D eigenvalue weighted by atomic mass is 10.1. The zero-order chi connectivity index (χ0) is 12.8. The Balaban J connectivity index is 1.75. The van der Waals surface area contributed by atoms with Gasteiger partial charge in [0.05, 0.1) is 6.42 Å². The monoisotopic (exact) mass is 248 g/mol. The molecule has 0 radical (unpaired) electrons. The van der Waals surface area contributed by atoms with Crippen LogP contribution in [0.4, 0.5) is 4.39 Å². The van der Waals surface area contributed by atoms with Crippen LogP contribution >= 0.6 is 0 Å². The molecule has 1 heterocycles. The number of carbonyl (C=O) groups excluding carboxylic acids is 1. The Kier molecular flexibility index (Phi) is 4.01. The van der Waals surface area contributed by atoms with Gasteiger partial charge in [0.2, 0.25) is 5.91 Å². The van der Waals surface area contributed by atoms with E-state index in [4.69, 9.17) is 0 Å². The number of H-pyrrole nitrogens is 1. The summed E-state index contributed by atoms with van der Waals surface area (Å²) in [7, 11) is 0. The Bertz CT molecular complexity index is 513. The van der Waals surface area contributed by atoms with Crippen molar-refractivity contribution >= 4 is 5.91 Å². The van der Waals surface area contributed by atoms with Crippen LogP contribution in [0.5, 0.6) is 0 Å². The summed E-state index contributed by atoms with van der Waals surface area (Å²) in [5, 5.41) is 9.15. The molecule has 18 heavy (non-hydrogen) atoms. The molecule has 1 amide bonds. The molecule has 1 aromatic heterocycles. The van der Waals surface area contributed by atoms with Crippen molar-refractivity contribution in [3.05, 3.63) is 47.8 Å². The Morgan fingerprint density at radius 3 is 3.06 bits per heavy atom. The van der Waals surface area contributed by atoms with Gasteiger partial charge in [-0.2, -0.15) is 5.10 Å². The van der Waals surface area contributed by atoms with Crippen LogP contribution in [0.25, 0.3) is 0 Å². The lowest BCUT2D eigenvalue weighted by Gasteiger charge is -2.04. The van der Waals surface area contributed by atoms with Gasteiger partial charge >= 0.3 is 0 Å². The first-order chi connectivity index (χ1) is 8.74. The Hall–Kier alpha value is -2.24. The Morgan fingerprint density at radius 1 is 1.44 bits per heavy atom. The highest BCUT2D eigenvalue weighted by Crippen LogP contribution is 2.03. The maximum atomic E-state index is 12.9. The number of halogens is 1. The molecule has 0 aliphatic carbocycles. The first-order valence-corrected chi connectivity index (χ1v) is 5.59. The third kappa shape index (κ3) is 3.65. The summed E-state index contributed by atoms with van der Waals surface area (Å²) in [6, 6.07) is 6.02. The SMILES string of the molecule is O=C(Cc1cccc(F)c1)NCCc1ncn[nH]1. The predicted octanol–water partition coefficient (Wildman–Crippen LogP) is 0.845. The van der Waals surface area contributed by atoms with Crippen LogP contribution in [-0.4, -0.2) is 27.6 Å². The molecular weight excluding hydrogens is 235 g/mol. The molecule has 94 valence electrons. The van der Waals surface area contributed by atoms with Crippen LogP contribution in [0.1, 0.15) is 11.4 Å². The maximum absolute atomic E-state index is 12.9. The van der Waals surface area contributed by atoms with E-state index in [0.29, 0.717) is 18.5 Å². The molecule has 0 aliphatic heterocycles. The van der Waals surface area contributed by atoms with E-state index in [1.165, 1.54) is 18.5 Å². The minimum absolute atomic E-state index is 0.139. The molecule has 0 fully saturated rings. The second-order valence-electron chi connectivity index (χ2n) is 3.84. The van der Waals surface area contributed by atoms with E-state index in [1.54, 1.807) is 12.1 Å². The molecule has 1 aromatic carbocycles. The number of hydrogen-bond acceptors (Lipinski definition) is 3. The number of nitrogens with zero attached hydrogens (tertiary/aromatic N) is 2. The highest BCUT2D eigenvalue weighted by molar-refractivity contribution is 5.78. The van der Waals surface area contributed by atoms with E-state index >= 15 is 0 Å². The summed E-state index contributed by atoms with van der Waals surface area (Å²) in [5.74, 6) is 0.253. The highest BCUT2D eigenvalue weighted by atomic mass is 19.1. The number of amides is 1. The molecular formula is C12H13FN4O. The predicted molar refractivity (Wildman–Crippen MR) is 63.2 cm³/mol. The van der Waals surface area contributed by atoms with Gasteiger partial charge in [0.15, 0.2) is 0 Å². The van der Waals surface area contributed by atoms with Crippen LogP contribution < -0.4 is 5.32 Å². The third-order valence-corrected chi connectivity index (χ3v) is 2.40. The van der Waals surface area contributed by atoms with Crippen molar-refractivity contribution in [1.29, 1.82) is 0 Å². The minimum atomic E-state index is -0.332. The van der Waals surface area contributed by atoms with Crippen molar-refractivity contribution in [2.75, 3.05) is 6.54 Å². The van der Waals surface area contributed by atoms with Crippen LogP contribution in [0.3, 0.4) is 0 Å². The van der Waals surface area contributed by atoms with Crippen LogP contribution in [0.15, 0.2) is 30.6 Å². The lowest BCUT2D eigenvalue weighted by molar-refractivity contribution is -0.120. The number of aromatic nitrogens is 3. The summed E-state index contributed by atoms with van der Waals surface area (Å²) in [6.45, 7) is 0.476. The largest absolute Gasteiger partial charge is 0.355 e. The summed E-state index contributed by atoms with van der Waals surface area (Å²) in [4.78, 5) is 15.5. The van der Waals surface area contributed by atoms with Gasteiger partial charge in [-0.15, -0.1) is 0 Å². The Labute approximate surface area is 103 Å². The van der Waals surface area contributed by atoms with Crippen molar-refractivity contribution in [3.63, 3.8) is 0 Å². The van der Waals surface area contributed by atoms with Crippen molar-refractivity contribution in [3.8, 4) is 0 Å². The average Bonchev–Trinajstić information content (AvgIpc) is 2.82. The number of hydrogen-bond donors (Lipinski definition) is 2. The van der Waals surface area contributed by atoms with E-state index in [-0.39, 0.29) is 18.1 Å². The zero-order valence-electron chi connectivity index (χ0n) is 9.69. The van der Waals surface area contributed by atoms with Gasteiger partial charge in [0.25, 0.3) is 0 Å². The average molecular weight is 248 g/mol. The summed E-state index contributed by atoms with van der Waals surface area (Å²) in [5.41, 5.74) is 0.659. The molecule has 0 spiro atoms. The topological polar surface area (TPSA) is 70.7 Å². The molecule has 0 saturated carbocycles. The smallest absolute Gasteiger partial charge is 0.224 e. The fraction of sp³-hybridized carbons (Fsp3) is 0.250. The first kappa shape index (κ1) is 12.2. The van der Waals surface area contributed by atoms with Gasteiger partial charge in [-0.3, -0.25) is 9.89 Å². The molecule has 2 rings (SSSR count). The minimum Gasteiger partial charge on any atom is -0.355 e. The zero-order valence-corrected chi connectivity index (χ0v) is 9.69. The number of benzene rings is 1. The molecule has 2 N–H and O–H groups in total. The van der Waals surface area contributed by atoms with Crippen molar-refractivity contribution < 1.29 is 9.18 Å². The molecule has 0 atom stereocenters. The molecule has 6 heteroatoms. The standard InChI is InChI=1S/C12H13FN4O/c13-10-3-1-2-9(6-10)7-12(18)14-5-4-11-15-8-16-17-11/h1-3,6,8H,4-5,7H2,(H,14,18)(H,15,16,17). The van der Waals surface area contributed by atoms with Crippen molar-refractivity contribution in [2.45, 2.75) is 12.8 Å². The van der Waals surface area contributed by atoms with Gasteiger partial charge in [0.1, 0.15) is 18.0 Å². The molecule has 2 aromatic rings. The third-order valence-electron chi connectivity index (χ3n) is 2.40. The number of rotatable bonds is 5. The summed E-state index contributed by atoms with van der Waals surface area (Å²) >= 11 is 0. The molecule has 5 nitrogen and oxygen atoms in total. The van der Waals surface area contributed by atoms with E-state index in [0.717, 1.165) is 5.82 Å². The molecule has 0 bridgehead atoms. The number of nitrogens with one attached hydrogen (secondary N) is 2. The van der Waals surface area contributed by atoms with Crippen molar-refractivity contribution in [2.24, 2.45) is 0 Å². The molecule has 0 aliphatic rings. The highest BCUT2D eigenvalue weighted by Gasteiger charge is 2.04. The number of aromatic amines is 1. The van der Waals surface area contributed by atoms with Crippen molar-refractivity contribution in [1.82, 2.24) is 20.5 Å². The fourth-order valence-corrected chi connectivity index (χ4v) is 1.57. The van der Waals surface area contributed by atoms with E-state index in [1.807, 2.05) is 0 Å². The Morgan fingerprint density at radius 2 is 2.33 bits per heavy atom. The second-order valence-corrected chi connectivity index (χ2v) is 3.84. The molecule has 0 saturated heterocycles. The second kappa shape index (κ2) is 5.90. The van der Waals surface area contributed by atoms with E-state index in [9.17, 15) is 9.18 Å². The quantitative estimate of drug-likeness (QED) is 0.824. The van der Waals surface area contributed by atoms with Gasteiger partial charge in [0, 0.05) is 13.0 Å². The van der Waals surface area contributed by atoms with Gasteiger partial charge in [-0.1, -0.05) is 12.1 Å². The summed E-state index contributed by atoms with van der Waals surface area (Å²) < 4.78 is 12.9. The van der Waals surface area contributed by atoms with Crippen LogP contribution in [-0.2, 0) is 17.6 Å². The summed E-state index contributed by atoms with van der Waals surface area (Å²) in [6.07, 6.45) is 2.19. The van der Waals surface area contributed by atoms with Gasteiger partial charge in [-0.05, 0) is 17.7 Å². The van der Waals surface area contributed by atoms with E-state index in [2.05, 4.69) is 20.5 Å².